The number of hydrogen-bond acceptors (Lipinski definition) is 5. The van der Waals surface area contributed by atoms with Crippen molar-refractivity contribution < 1.29 is 4.92 Å². The number of hydrogen-bond donors (Lipinski definition) is 1. The average molecular weight is 274 g/mol. The molecule has 0 saturated carbocycles. The van der Waals surface area contributed by atoms with E-state index in [-0.39, 0.29) is 11.1 Å². The lowest BCUT2D eigenvalue weighted by Gasteiger charge is -2.19. The Morgan fingerprint density at radius 1 is 1.55 bits per heavy atom. The summed E-state index contributed by atoms with van der Waals surface area (Å²) in [5.74, 6) is 0. The summed E-state index contributed by atoms with van der Waals surface area (Å²) in [7, 11) is 1.73. The largest absolute Gasteiger partial charge is 0.365 e. The number of nitro benzene ring substituents is 1. The van der Waals surface area contributed by atoms with Gasteiger partial charge in [0.15, 0.2) is 0 Å². The summed E-state index contributed by atoms with van der Waals surface area (Å²) in [6.45, 7) is 6.11. The molecule has 7 heteroatoms. The van der Waals surface area contributed by atoms with Crippen molar-refractivity contribution in [1.82, 2.24) is 9.97 Å². The highest BCUT2D eigenvalue weighted by Crippen LogP contribution is 2.30. The van der Waals surface area contributed by atoms with Crippen LogP contribution in [0.1, 0.15) is 6.92 Å². The monoisotopic (exact) mass is 274 g/mol. The first-order valence-electron chi connectivity index (χ1n) is 5.91. The fourth-order valence-corrected chi connectivity index (χ4v) is 2.03. The Kier molecular flexibility index (Phi) is 3.51. The first-order chi connectivity index (χ1) is 9.40. The van der Waals surface area contributed by atoms with Gasteiger partial charge in [-0.3, -0.25) is 14.9 Å². The minimum absolute atomic E-state index is 0.125. The topological polar surface area (TPSA) is 92.1 Å². The minimum Gasteiger partial charge on any atom is -0.365 e. The van der Waals surface area contributed by atoms with Crippen LogP contribution in [0.2, 0.25) is 0 Å². The van der Waals surface area contributed by atoms with Crippen LogP contribution in [0, 0.1) is 10.1 Å². The molecule has 1 aromatic heterocycles. The van der Waals surface area contributed by atoms with Gasteiger partial charge in [-0.25, -0.2) is 4.98 Å². The van der Waals surface area contributed by atoms with E-state index in [0.29, 0.717) is 17.7 Å². The molecule has 0 atom stereocenters. The second-order valence-corrected chi connectivity index (χ2v) is 4.66. The van der Waals surface area contributed by atoms with Crippen molar-refractivity contribution in [3.8, 4) is 0 Å². The predicted octanol–water partition coefficient (Wildman–Crippen LogP) is 1.84. The number of anilines is 1. The van der Waals surface area contributed by atoms with Crippen LogP contribution in [0.5, 0.6) is 0 Å². The third-order valence-electron chi connectivity index (χ3n) is 2.85. The number of benzene rings is 1. The third kappa shape index (κ3) is 2.51. The summed E-state index contributed by atoms with van der Waals surface area (Å²) >= 11 is 0. The number of nitro groups is 1. The molecule has 0 bridgehead atoms. The molecule has 2 aromatic rings. The van der Waals surface area contributed by atoms with E-state index < -0.39 is 10.5 Å². The summed E-state index contributed by atoms with van der Waals surface area (Å²) < 4.78 is 0. The first kappa shape index (κ1) is 13.7. The zero-order valence-electron chi connectivity index (χ0n) is 11.2. The highest BCUT2D eigenvalue weighted by molar-refractivity contribution is 5.86. The summed E-state index contributed by atoms with van der Waals surface area (Å²) in [5, 5.41) is 11.4. The van der Waals surface area contributed by atoms with E-state index in [2.05, 4.69) is 16.5 Å². The molecule has 0 aliphatic rings. The fraction of sp³-hybridized carbons (Fsp3) is 0.231. The van der Waals surface area contributed by atoms with E-state index in [1.54, 1.807) is 18.0 Å². The molecule has 2 rings (SSSR count). The lowest BCUT2D eigenvalue weighted by molar-refractivity contribution is -0.384. The van der Waals surface area contributed by atoms with Crippen molar-refractivity contribution >= 4 is 22.3 Å². The van der Waals surface area contributed by atoms with Crippen molar-refractivity contribution in [2.24, 2.45) is 0 Å². The van der Waals surface area contributed by atoms with Gasteiger partial charge in [0, 0.05) is 19.7 Å². The average Bonchev–Trinajstić information content (AvgIpc) is 2.36. The van der Waals surface area contributed by atoms with E-state index in [0.717, 1.165) is 5.57 Å². The smallest absolute Gasteiger partial charge is 0.293 e. The number of nitrogens with one attached hydrogen (secondary N) is 1. The predicted molar refractivity (Wildman–Crippen MR) is 77.1 cm³/mol. The summed E-state index contributed by atoms with van der Waals surface area (Å²) in [4.78, 5) is 30.5. The molecule has 1 heterocycles. The van der Waals surface area contributed by atoms with Crippen LogP contribution >= 0.6 is 0 Å². The van der Waals surface area contributed by atoms with Crippen LogP contribution < -0.4 is 10.5 Å². The molecular weight excluding hydrogens is 260 g/mol. The number of fused-ring (bicyclic) bond motifs is 1. The molecule has 0 aliphatic carbocycles. The van der Waals surface area contributed by atoms with Crippen molar-refractivity contribution in [1.29, 1.82) is 0 Å². The van der Waals surface area contributed by atoms with Gasteiger partial charge < -0.3 is 9.88 Å². The summed E-state index contributed by atoms with van der Waals surface area (Å²) in [5.41, 5.74) is 1.18. The van der Waals surface area contributed by atoms with Crippen molar-refractivity contribution in [2.45, 2.75) is 6.92 Å². The fourth-order valence-electron chi connectivity index (χ4n) is 2.03. The molecule has 0 radical (unpaired) electrons. The Balaban J connectivity index is 2.69. The van der Waals surface area contributed by atoms with E-state index >= 15 is 0 Å². The molecule has 7 nitrogen and oxygen atoms in total. The van der Waals surface area contributed by atoms with Crippen molar-refractivity contribution in [3.63, 3.8) is 0 Å². The number of H-pyrrole nitrogens is 1. The zero-order valence-corrected chi connectivity index (χ0v) is 11.2. The number of aromatic nitrogens is 2. The van der Waals surface area contributed by atoms with E-state index in [1.165, 1.54) is 12.4 Å². The molecule has 0 unspecified atom stereocenters. The molecule has 0 fully saturated rings. The van der Waals surface area contributed by atoms with Gasteiger partial charge >= 0.3 is 0 Å². The second kappa shape index (κ2) is 5.12. The number of likely N-dealkylation sites (N-methyl/N-ethyl adjacent to an activating group) is 1. The molecule has 20 heavy (non-hydrogen) atoms. The van der Waals surface area contributed by atoms with Gasteiger partial charge in [-0.1, -0.05) is 12.2 Å². The molecule has 1 aromatic carbocycles. The van der Waals surface area contributed by atoms with Crippen LogP contribution in [0.4, 0.5) is 11.4 Å². The van der Waals surface area contributed by atoms with Gasteiger partial charge in [0.1, 0.15) is 5.69 Å². The normalized spacial score (nSPS) is 10.5. The van der Waals surface area contributed by atoms with E-state index in [4.69, 9.17) is 0 Å². The Hall–Kier alpha value is -2.70. The van der Waals surface area contributed by atoms with Gasteiger partial charge in [0.05, 0.1) is 22.2 Å². The van der Waals surface area contributed by atoms with Crippen LogP contribution in [0.25, 0.3) is 10.9 Å². The van der Waals surface area contributed by atoms with Gasteiger partial charge in [0.2, 0.25) is 0 Å². The zero-order chi connectivity index (χ0) is 14.9. The SMILES string of the molecule is C=C(C)CN(C)c1cc2nc[nH]c(=O)c2cc1[N+](=O)[O-]. The highest BCUT2D eigenvalue weighted by atomic mass is 16.6. The lowest BCUT2D eigenvalue weighted by atomic mass is 10.1. The Morgan fingerprint density at radius 3 is 2.85 bits per heavy atom. The molecule has 0 amide bonds. The molecule has 0 aliphatic heterocycles. The van der Waals surface area contributed by atoms with E-state index in [1.807, 2.05) is 6.92 Å². The highest BCUT2D eigenvalue weighted by Gasteiger charge is 2.20. The number of aromatic amines is 1. The Morgan fingerprint density at radius 2 is 2.25 bits per heavy atom. The van der Waals surface area contributed by atoms with Gasteiger partial charge in [-0.05, 0) is 13.0 Å². The molecule has 1 N–H and O–H groups in total. The second-order valence-electron chi connectivity index (χ2n) is 4.66. The number of rotatable bonds is 4. The first-order valence-corrected chi connectivity index (χ1v) is 5.91. The maximum Gasteiger partial charge on any atom is 0.293 e. The van der Waals surface area contributed by atoms with Crippen LogP contribution in [-0.4, -0.2) is 28.5 Å². The Labute approximate surface area is 114 Å². The standard InChI is InChI=1S/C13H14N4O3/c1-8(2)6-16(3)11-5-10-9(4-12(11)17(19)20)13(18)15-7-14-10/h4-5,7H,1,6H2,2-3H3,(H,14,15,18). The maximum absolute atomic E-state index is 11.7. The quantitative estimate of drug-likeness (QED) is 0.521. The molecule has 104 valence electrons. The molecule has 0 saturated heterocycles. The maximum atomic E-state index is 11.7. The Bertz CT molecular complexity index is 751. The van der Waals surface area contributed by atoms with Crippen molar-refractivity contribution in [2.75, 3.05) is 18.5 Å². The lowest BCUT2D eigenvalue weighted by Crippen LogP contribution is -2.20. The van der Waals surface area contributed by atoms with Crippen LogP contribution in [0.15, 0.2) is 35.4 Å². The molecule has 0 spiro atoms. The van der Waals surface area contributed by atoms with Gasteiger partial charge in [-0.15, -0.1) is 0 Å². The summed E-state index contributed by atoms with van der Waals surface area (Å²) in [6, 6.07) is 2.80. The molecular formula is C13H14N4O3. The van der Waals surface area contributed by atoms with E-state index in [9.17, 15) is 14.9 Å². The van der Waals surface area contributed by atoms with Crippen LogP contribution in [-0.2, 0) is 0 Å². The van der Waals surface area contributed by atoms with Crippen LogP contribution in [0.3, 0.4) is 0 Å². The van der Waals surface area contributed by atoms with Gasteiger partial charge in [0.25, 0.3) is 11.2 Å². The minimum atomic E-state index is -0.504. The third-order valence-corrected chi connectivity index (χ3v) is 2.85. The summed E-state index contributed by atoms with van der Waals surface area (Å²) in [6.07, 6.45) is 1.28. The number of nitrogens with zero attached hydrogens (tertiary/aromatic N) is 3. The van der Waals surface area contributed by atoms with Gasteiger partial charge in [-0.2, -0.15) is 0 Å². The van der Waals surface area contributed by atoms with Crippen molar-refractivity contribution in [3.05, 3.63) is 51.1 Å².